The summed E-state index contributed by atoms with van der Waals surface area (Å²) < 4.78 is 1.67. The molecule has 0 saturated heterocycles. The third kappa shape index (κ3) is 5.29. The molecule has 1 heterocycles. The molecular formula is C21H22Cl2N4O2. The molecule has 6 nitrogen and oxygen atoms in total. The summed E-state index contributed by atoms with van der Waals surface area (Å²) in [5.41, 5.74) is 2.88. The van der Waals surface area contributed by atoms with E-state index in [0.29, 0.717) is 16.5 Å². The van der Waals surface area contributed by atoms with Crippen LogP contribution in [0.15, 0.2) is 48.5 Å². The van der Waals surface area contributed by atoms with Crippen LogP contribution in [0, 0.1) is 0 Å². The van der Waals surface area contributed by atoms with E-state index in [9.17, 15) is 9.90 Å². The molecule has 0 aliphatic rings. The molecule has 2 aromatic carbocycles. The van der Waals surface area contributed by atoms with Crippen molar-refractivity contribution in [2.24, 2.45) is 0 Å². The summed E-state index contributed by atoms with van der Waals surface area (Å²) in [6.07, 6.45) is 2.87. The average Bonchev–Trinajstić information content (AvgIpc) is 3.12. The van der Waals surface area contributed by atoms with Gasteiger partial charge in [0.1, 0.15) is 5.82 Å². The number of aryl methyl sites for hydroxylation is 1. The maximum atomic E-state index is 12.6. The number of hydrogen-bond donors (Lipinski definition) is 3. The number of carbonyl (C=O) groups excluding carboxylic acids is 1. The molecule has 152 valence electrons. The second kappa shape index (κ2) is 9.78. The van der Waals surface area contributed by atoms with Crippen molar-refractivity contribution in [2.75, 3.05) is 10.6 Å². The Kier molecular flexibility index (Phi) is 7.14. The Morgan fingerprint density at radius 3 is 2.59 bits per heavy atom. The zero-order valence-corrected chi connectivity index (χ0v) is 17.5. The highest BCUT2D eigenvalue weighted by molar-refractivity contribution is 6.44. The summed E-state index contributed by atoms with van der Waals surface area (Å²) in [6.45, 7) is 2.08. The van der Waals surface area contributed by atoms with Gasteiger partial charge >= 0.3 is 6.03 Å². The maximum Gasteiger partial charge on any atom is 0.324 e. The van der Waals surface area contributed by atoms with E-state index in [2.05, 4.69) is 22.7 Å². The van der Waals surface area contributed by atoms with Crippen molar-refractivity contribution in [1.29, 1.82) is 0 Å². The molecule has 29 heavy (non-hydrogen) atoms. The zero-order valence-electron chi connectivity index (χ0n) is 16.0. The normalized spacial score (nSPS) is 10.8. The lowest BCUT2D eigenvalue weighted by atomic mass is 10.2. The van der Waals surface area contributed by atoms with Crippen molar-refractivity contribution >= 4 is 40.7 Å². The van der Waals surface area contributed by atoms with Gasteiger partial charge in [-0.15, -0.1) is 0 Å². The summed E-state index contributed by atoms with van der Waals surface area (Å²) >= 11 is 12.1. The Labute approximate surface area is 179 Å². The number of unbranched alkanes of at least 4 members (excludes halogenated alkanes) is 1. The van der Waals surface area contributed by atoms with Crippen LogP contribution in [0.3, 0.4) is 0 Å². The molecular weight excluding hydrogens is 411 g/mol. The lowest BCUT2D eigenvalue weighted by Crippen LogP contribution is -2.21. The van der Waals surface area contributed by atoms with Gasteiger partial charge < -0.3 is 10.4 Å². The summed E-state index contributed by atoms with van der Waals surface area (Å²) in [6, 6.07) is 13.8. The lowest BCUT2D eigenvalue weighted by molar-refractivity contribution is 0.262. The fraction of sp³-hybridized carbons (Fsp3) is 0.238. The van der Waals surface area contributed by atoms with E-state index in [1.807, 2.05) is 30.3 Å². The van der Waals surface area contributed by atoms with Crippen molar-refractivity contribution in [1.82, 2.24) is 9.78 Å². The van der Waals surface area contributed by atoms with Gasteiger partial charge in [0, 0.05) is 6.07 Å². The molecule has 0 spiro atoms. The Bertz CT molecular complexity index is 987. The van der Waals surface area contributed by atoms with Crippen LogP contribution in [0.4, 0.5) is 16.3 Å². The number of amides is 2. The van der Waals surface area contributed by atoms with E-state index in [4.69, 9.17) is 23.2 Å². The van der Waals surface area contributed by atoms with Crippen LogP contribution in [0.2, 0.25) is 10.0 Å². The molecule has 1 aromatic heterocycles. The fourth-order valence-electron chi connectivity index (χ4n) is 2.81. The first-order valence-corrected chi connectivity index (χ1v) is 10.1. The number of rotatable bonds is 7. The number of aromatic nitrogens is 2. The van der Waals surface area contributed by atoms with Crippen LogP contribution in [-0.2, 0) is 13.0 Å². The number of nitrogens with zero attached hydrogens (tertiary/aromatic N) is 2. The van der Waals surface area contributed by atoms with Gasteiger partial charge in [-0.05, 0) is 42.7 Å². The number of halogens is 2. The van der Waals surface area contributed by atoms with Crippen molar-refractivity contribution in [3.63, 3.8) is 0 Å². The average molecular weight is 433 g/mol. The van der Waals surface area contributed by atoms with E-state index in [0.717, 1.165) is 36.2 Å². The lowest BCUT2D eigenvalue weighted by Gasteiger charge is -2.11. The van der Waals surface area contributed by atoms with Gasteiger partial charge in [0.15, 0.2) is 0 Å². The molecule has 8 heteroatoms. The van der Waals surface area contributed by atoms with Crippen LogP contribution in [0.1, 0.15) is 31.0 Å². The molecule has 0 atom stereocenters. The SMILES string of the molecule is CCCCc1cc(NC(=O)Nc2cccc(Cl)c2Cl)n(-c2ccc(CO)cc2)n1. The number of anilines is 2. The summed E-state index contributed by atoms with van der Waals surface area (Å²) in [7, 11) is 0. The van der Waals surface area contributed by atoms with Gasteiger partial charge in [-0.1, -0.05) is 54.7 Å². The van der Waals surface area contributed by atoms with Crippen molar-refractivity contribution < 1.29 is 9.90 Å². The first-order chi connectivity index (χ1) is 14.0. The van der Waals surface area contributed by atoms with Crippen LogP contribution >= 0.6 is 23.2 Å². The Morgan fingerprint density at radius 1 is 1.14 bits per heavy atom. The van der Waals surface area contributed by atoms with Gasteiger partial charge in [-0.2, -0.15) is 5.10 Å². The first-order valence-electron chi connectivity index (χ1n) is 9.33. The van der Waals surface area contributed by atoms with Gasteiger partial charge in [-0.25, -0.2) is 9.48 Å². The van der Waals surface area contributed by atoms with Crippen molar-refractivity contribution in [2.45, 2.75) is 32.8 Å². The highest BCUT2D eigenvalue weighted by Gasteiger charge is 2.14. The number of hydrogen-bond acceptors (Lipinski definition) is 3. The molecule has 3 aromatic rings. The van der Waals surface area contributed by atoms with E-state index in [1.54, 1.807) is 22.9 Å². The highest BCUT2D eigenvalue weighted by atomic mass is 35.5. The van der Waals surface area contributed by atoms with Crippen molar-refractivity contribution in [3.05, 3.63) is 69.8 Å². The smallest absolute Gasteiger partial charge is 0.324 e. The van der Waals surface area contributed by atoms with Gasteiger partial charge in [0.2, 0.25) is 0 Å². The quantitative estimate of drug-likeness (QED) is 0.450. The maximum absolute atomic E-state index is 12.6. The summed E-state index contributed by atoms with van der Waals surface area (Å²) in [5.74, 6) is 0.531. The Hall–Kier alpha value is -2.54. The number of aliphatic hydroxyl groups is 1. The minimum atomic E-state index is -0.454. The van der Waals surface area contributed by atoms with Gasteiger partial charge in [0.05, 0.1) is 33.7 Å². The Balaban J connectivity index is 1.85. The molecule has 0 unspecified atom stereocenters. The monoisotopic (exact) mass is 432 g/mol. The number of urea groups is 1. The number of aliphatic hydroxyl groups excluding tert-OH is 1. The molecule has 0 radical (unpaired) electrons. The zero-order chi connectivity index (χ0) is 20.8. The molecule has 0 saturated carbocycles. The van der Waals surface area contributed by atoms with Crippen molar-refractivity contribution in [3.8, 4) is 5.69 Å². The third-order valence-electron chi connectivity index (χ3n) is 4.35. The number of benzene rings is 2. The minimum absolute atomic E-state index is 0.0327. The topological polar surface area (TPSA) is 79.2 Å². The number of nitrogens with one attached hydrogen (secondary N) is 2. The summed E-state index contributed by atoms with van der Waals surface area (Å²) in [5, 5.41) is 20.1. The standard InChI is InChI=1S/C21H22Cl2N4O2/c1-2-3-5-15-12-19(27(26-15)16-10-8-14(13-28)9-11-16)25-21(29)24-18-7-4-6-17(22)20(18)23/h4,6-12,28H,2-3,5,13H2,1H3,(H2,24,25,29). The Morgan fingerprint density at radius 2 is 1.90 bits per heavy atom. The summed E-state index contributed by atoms with van der Waals surface area (Å²) in [4.78, 5) is 12.6. The largest absolute Gasteiger partial charge is 0.392 e. The van der Waals surface area contributed by atoms with E-state index in [-0.39, 0.29) is 11.6 Å². The first kappa shape index (κ1) is 21.2. The van der Waals surface area contributed by atoms with Crippen LogP contribution < -0.4 is 10.6 Å². The molecule has 2 amide bonds. The molecule has 0 bridgehead atoms. The van der Waals surface area contributed by atoms with Crippen LogP contribution in [0.5, 0.6) is 0 Å². The second-order valence-corrected chi connectivity index (χ2v) is 7.33. The van der Waals surface area contributed by atoms with E-state index < -0.39 is 6.03 Å². The van der Waals surface area contributed by atoms with E-state index >= 15 is 0 Å². The minimum Gasteiger partial charge on any atom is -0.392 e. The van der Waals surface area contributed by atoms with Crippen LogP contribution in [0.25, 0.3) is 5.69 Å². The van der Waals surface area contributed by atoms with Gasteiger partial charge in [-0.3, -0.25) is 5.32 Å². The fourth-order valence-corrected chi connectivity index (χ4v) is 3.16. The predicted octanol–water partition coefficient (Wildman–Crippen LogP) is 5.66. The second-order valence-electron chi connectivity index (χ2n) is 6.54. The molecule has 0 aliphatic carbocycles. The molecule has 0 fully saturated rings. The van der Waals surface area contributed by atoms with Gasteiger partial charge in [0.25, 0.3) is 0 Å². The third-order valence-corrected chi connectivity index (χ3v) is 5.17. The predicted molar refractivity (Wildman–Crippen MR) is 117 cm³/mol. The van der Waals surface area contributed by atoms with Crippen LogP contribution in [-0.4, -0.2) is 20.9 Å². The highest BCUT2D eigenvalue weighted by Crippen LogP contribution is 2.29. The molecule has 3 rings (SSSR count). The van der Waals surface area contributed by atoms with E-state index in [1.165, 1.54) is 0 Å². The molecule has 3 N–H and O–H groups in total. The molecule has 0 aliphatic heterocycles. The number of carbonyl (C=O) groups is 1.